The molecule has 0 fully saturated rings. The molecule has 0 saturated heterocycles. The second-order valence-electron chi connectivity index (χ2n) is 17.3. The summed E-state index contributed by atoms with van der Waals surface area (Å²) in [6.45, 7) is 28.8. The summed E-state index contributed by atoms with van der Waals surface area (Å²) in [5.41, 5.74) is 0. The maximum atomic E-state index is 7.49. The Morgan fingerprint density at radius 3 is 0.377 bits per heavy atom. The van der Waals surface area contributed by atoms with E-state index in [1.807, 2.05) is 0 Å². The first-order chi connectivity index (χ1) is 33.6. The van der Waals surface area contributed by atoms with E-state index in [1.54, 1.807) is 0 Å². The van der Waals surface area contributed by atoms with Crippen LogP contribution in [0.25, 0.3) is 0 Å². The van der Waals surface area contributed by atoms with Gasteiger partial charge in [0.05, 0.1) is 0 Å². The lowest BCUT2D eigenvalue weighted by molar-refractivity contribution is -0.0956. The van der Waals surface area contributed by atoms with Gasteiger partial charge in [0.15, 0.2) is 0 Å². The maximum Gasteiger partial charge on any atom is 0.673 e. The molecule has 21 heteroatoms. The first kappa shape index (κ1) is 69.4. The second kappa shape index (κ2) is 45.8. The predicted molar refractivity (Wildman–Crippen MR) is 283 cm³/mol. The van der Waals surface area contributed by atoms with Gasteiger partial charge < -0.3 is 69.6 Å². The Morgan fingerprint density at radius 1 is 0.159 bits per heavy atom. The van der Waals surface area contributed by atoms with Gasteiger partial charge in [0.25, 0.3) is 0 Å². The molecule has 0 heterocycles. The van der Waals surface area contributed by atoms with Gasteiger partial charge in [0.1, 0.15) is 0 Å². The van der Waals surface area contributed by atoms with Crippen molar-refractivity contribution in [2.75, 3.05) is 79.3 Å². The Hall–Kier alpha value is 0.444. The molecule has 0 aromatic heterocycles. The Balaban J connectivity index is 8.78. The largest absolute Gasteiger partial charge is 0.673 e. The third-order valence-electron chi connectivity index (χ3n) is 10.3. The molecule has 0 radical (unpaired) electrons. The molecule has 0 aliphatic rings. The maximum absolute atomic E-state index is 7.49. The zero-order chi connectivity index (χ0) is 51.3. The summed E-state index contributed by atoms with van der Waals surface area (Å²) in [6.07, 6.45) is 19.1. The molecule has 0 aromatic carbocycles. The van der Waals surface area contributed by atoms with Gasteiger partial charge >= 0.3 is 45.2 Å². The van der Waals surface area contributed by atoms with E-state index in [2.05, 4.69) is 83.1 Å². The molecule has 0 atom stereocenters. The highest BCUT2D eigenvalue weighted by Crippen LogP contribution is 2.34. The van der Waals surface area contributed by atoms with Gasteiger partial charge in [-0.25, -0.2) is 0 Å². The van der Waals surface area contributed by atoms with Crippen LogP contribution in [0.1, 0.15) is 237 Å². The molecule has 416 valence electrons. The minimum absolute atomic E-state index is 0.211. The highest BCUT2D eigenvalue weighted by atomic mass is 28.5. The molecule has 0 unspecified atom stereocenters. The van der Waals surface area contributed by atoms with Gasteiger partial charge in [0, 0.05) is 79.3 Å². The average Bonchev–Trinajstić information content (AvgIpc) is 3.32. The van der Waals surface area contributed by atoms with E-state index < -0.39 is 45.2 Å². The minimum atomic E-state index is -4.73. The molecule has 0 amide bonds. The van der Waals surface area contributed by atoms with E-state index in [0.29, 0.717) is 78.2 Å². The van der Waals surface area contributed by atoms with Crippen LogP contribution in [0.3, 0.4) is 0 Å². The van der Waals surface area contributed by atoms with Crippen molar-refractivity contribution in [1.82, 2.24) is 0 Å². The van der Waals surface area contributed by atoms with Crippen LogP contribution in [-0.2, 0) is 69.6 Å². The molecule has 0 saturated carbocycles. The van der Waals surface area contributed by atoms with Gasteiger partial charge in [-0.15, -0.1) is 0 Å². The lowest BCUT2D eigenvalue weighted by Gasteiger charge is -2.42. The fourth-order valence-electron chi connectivity index (χ4n) is 5.68. The van der Waals surface area contributed by atoms with Crippen molar-refractivity contribution in [2.45, 2.75) is 237 Å². The molecule has 0 rings (SSSR count). The monoisotopic (exact) mass is 1080 g/mol. The van der Waals surface area contributed by atoms with E-state index in [9.17, 15) is 0 Å². The third-order valence-corrected chi connectivity index (χ3v) is 25.0. The van der Waals surface area contributed by atoms with Crippen molar-refractivity contribution >= 4 is 45.2 Å². The topological polar surface area (TPSA) is 148 Å². The first-order valence-corrected chi connectivity index (χ1v) is 36.2. The Kier molecular flexibility index (Phi) is 46.1. The Morgan fingerprint density at radius 2 is 0.261 bits per heavy atom. The van der Waals surface area contributed by atoms with Crippen molar-refractivity contribution in [3.8, 4) is 0 Å². The van der Waals surface area contributed by atoms with Crippen molar-refractivity contribution in [2.24, 2.45) is 0 Å². The molecular weight excluding hydrogens is 973 g/mol. The molecule has 0 spiro atoms. The van der Waals surface area contributed by atoms with E-state index in [4.69, 9.17) is 69.6 Å². The molecule has 0 aliphatic heterocycles. The summed E-state index contributed by atoms with van der Waals surface area (Å²) in [4.78, 5) is 0. The Bertz CT molecular complexity index is 955. The van der Waals surface area contributed by atoms with Crippen LogP contribution >= 0.6 is 0 Å². The zero-order valence-corrected chi connectivity index (χ0v) is 51.5. The van der Waals surface area contributed by atoms with Crippen LogP contribution in [0.15, 0.2) is 0 Å². The molecule has 0 aliphatic carbocycles. The quantitative estimate of drug-likeness (QED) is 0.0420. The van der Waals surface area contributed by atoms with Gasteiger partial charge in [-0.1, -0.05) is 160 Å². The molecule has 16 nitrogen and oxygen atoms in total. The highest BCUT2D eigenvalue weighted by molar-refractivity contribution is 6.79. The summed E-state index contributed by atoms with van der Waals surface area (Å²) < 4.78 is 112. The van der Waals surface area contributed by atoms with Gasteiger partial charge in [-0.3, -0.25) is 0 Å². The van der Waals surface area contributed by atoms with Crippen LogP contribution in [0.5, 0.6) is 0 Å². The van der Waals surface area contributed by atoms with Crippen LogP contribution in [-0.4, -0.2) is 125 Å². The summed E-state index contributed by atoms with van der Waals surface area (Å²) in [5, 5.41) is 0. The predicted octanol–water partition coefficient (Wildman–Crippen LogP) is 13.0. The molecule has 0 aromatic rings. The van der Waals surface area contributed by atoms with Gasteiger partial charge in [0.2, 0.25) is 0 Å². The average molecular weight is 1080 g/mol. The summed E-state index contributed by atoms with van der Waals surface area (Å²) in [5.74, 6) is 0. The van der Waals surface area contributed by atoms with Crippen molar-refractivity contribution in [3.05, 3.63) is 0 Å². The summed E-state index contributed by atoms with van der Waals surface area (Å²) in [6, 6.07) is 0. The zero-order valence-electron chi connectivity index (χ0n) is 46.5. The SMILES string of the molecule is CCCCO[Si](OCCCC)(OCCCC)O[Si](OCCCC)(OCCCC)O[Si](OCCCC)(OCCCC)O[Si](OCCCC)(OCCCC)O[Si](OCCCC)(OCCCC)OCCCC. The van der Waals surface area contributed by atoms with E-state index in [1.165, 1.54) is 0 Å². The lowest BCUT2D eigenvalue weighted by Crippen LogP contribution is -2.72. The number of unbranched alkanes of at least 4 members (excludes halogenated alkanes) is 12. The highest BCUT2D eigenvalue weighted by Gasteiger charge is 2.71. The van der Waals surface area contributed by atoms with Gasteiger partial charge in [-0.2, -0.15) is 0 Å². The third kappa shape index (κ3) is 32.5. The van der Waals surface area contributed by atoms with E-state index >= 15 is 0 Å². The molecule has 0 N–H and O–H groups in total. The molecule has 69 heavy (non-hydrogen) atoms. The number of hydrogen-bond acceptors (Lipinski definition) is 16. The van der Waals surface area contributed by atoms with Crippen LogP contribution < -0.4 is 0 Å². The fourth-order valence-corrected chi connectivity index (χ4v) is 21.9. The lowest BCUT2D eigenvalue weighted by atomic mass is 10.4. The van der Waals surface area contributed by atoms with Crippen molar-refractivity contribution in [3.63, 3.8) is 0 Å². The van der Waals surface area contributed by atoms with Crippen LogP contribution in [0, 0.1) is 0 Å². The van der Waals surface area contributed by atoms with Crippen LogP contribution in [0.4, 0.5) is 0 Å². The van der Waals surface area contributed by atoms with E-state index in [-0.39, 0.29) is 39.6 Å². The van der Waals surface area contributed by atoms with Crippen molar-refractivity contribution < 1.29 is 69.6 Å². The number of rotatable bonds is 56. The molecular formula is C48H108O16Si5. The Labute approximate surface area is 429 Å². The van der Waals surface area contributed by atoms with Gasteiger partial charge in [-0.05, 0) is 77.0 Å². The normalized spacial score (nSPS) is 13.0. The number of hydrogen-bond donors (Lipinski definition) is 0. The standard InChI is InChI=1S/C48H108O16Si5/c1-13-25-37-49-65(50-38-26-14-2,51-39-27-15-3)61-67(55-43-31-19-7,56-44-32-20-8)63-69(59-47-35-23-11,60-48-36-24-12)64-68(57-45-33-21-9,58-46-34-22-10)62-66(52-40-28-16-4,53-41-29-17-5)54-42-30-18-6/h13-48H2,1-12H3. The molecule has 0 bridgehead atoms. The summed E-state index contributed by atoms with van der Waals surface area (Å²) in [7, 11) is -22.2. The smallest absolute Gasteiger partial charge is 0.352 e. The van der Waals surface area contributed by atoms with Crippen molar-refractivity contribution in [1.29, 1.82) is 0 Å². The summed E-state index contributed by atoms with van der Waals surface area (Å²) >= 11 is 0. The second-order valence-corrected chi connectivity index (χ2v) is 29.1. The van der Waals surface area contributed by atoms with Crippen LogP contribution in [0.2, 0.25) is 0 Å². The van der Waals surface area contributed by atoms with E-state index in [0.717, 1.165) is 116 Å². The first-order valence-electron chi connectivity index (χ1n) is 28.0. The fraction of sp³-hybridized carbons (Fsp3) is 1.00. The minimum Gasteiger partial charge on any atom is -0.352 e.